The minimum absolute atomic E-state index is 0.138. The second-order valence-electron chi connectivity index (χ2n) is 4.06. The quantitative estimate of drug-likeness (QED) is 0.481. The van der Waals surface area contributed by atoms with Gasteiger partial charge in [-0.2, -0.15) is 0 Å². The Morgan fingerprint density at radius 2 is 2.10 bits per heavy atom. The van der Waals surface area contributed by atoms with Gasteiger partial charge in [-0.15, -0.1) is 0 Å². The molecule has 0 aliphatic rings. The maximum Gasteiger partial charge on any atom is 0.263 e. The fraction of sp³-hybridized carbons (Fsp3) is 0.0714. The first-order valence-corrected chi connectivity index (χ1v) is 6.63. The van der Waals surface area contributed by atoms with Crippen LogP contribution in [0.5, 0.6) is 11.5 Å². The van der Waals surface area contributed by atoms with E-state index in [1.165, 1.54) is 25.5 Å². The average molecular weight is 350 g/mol. The SMILES string of the molecule is COc1cccc(N=Cc2cc(Br)cc([N+](=O)[O-])c2[O-])c1. The molecule has 0 amide bonds. The number of rotatable bonds is 4. The van der Waals surface area contributed by atoms with Crippen LogP contribution in [0.1, 0.15) is 5.56 Å². The maximum absolute atomic E-state index is 11.9. The highest BCUT2D eigenvalue weighted by atomic mass is 79.9. The van der Waals surface area contributed by atoms with Crippen molar-refractivity contribution in [3.8, 4) is 11.5 Å². The van der Waals surface area contributed by atoms with Gasteiger partial charge < -0.3 is 9.84 Å². The Labute approximate surface area is 129 Å². The highest BCUT2D eigenvalue weighted by Crippen LogP contribution is 2.30. The molecule has 0 atom stereocenters. The molecule has 7 heteroatoms. The van der Waals surface area contributed by atoms with Gasteiger partial charge in [-0.25, -0.2) is 0 Å². The van der Waals surface area contributed by atoms with Crippen LogP contribution in [0.3, 0.4) is 0 Å². The van der Waals surface area contributed by atoms with Crippen molar-refractivity contribution >= 4 is 33.5 Å². The van der Waals surface area contributed by atoms with E-state index in [1.54, 1.807) is 24.3 Å². The summed E-state index contributed by atoms with van der Waals surface area (Å²) in [7, 11) is 1.54. The first-order chi connectivity index (χ1) is 10.0. The van der Waals surface area contributed by atoms with E-state index >= 15 is 0 Å². The van der Waals surface area contributed by atoms with Gasteiger partial charge in [0.1, 0.15) is 5.75 Å². The van der Waals surface area contributed by atoms with Crippen LogP contribution >= 0.6 is 15.9 Å². The van der Waals surface area contributed by atoms with E-state index in [2.05, 4.69) is 20.9 Å². The fourth-order valence-electron chi connectivity index (χ4n) is 1.67. The van der Waals surface area contributed by atoms with Crippen LogP contribution in [0.4, 0.5) is 11.4 Å². The molecule has 2 rings (SSSR count). The van der Waals surface area contributed by atoms with Crippen LogP contribution in [-0.2, 0) is 0 Å². The van der Waals surface area contributed by atoms with Crippen LogP contribution in [0.15, 0.2) is 45.9 Å². The average Bonchev–Trinajstić information content (AvgIpc) is 2.47. The molecule has 2 aromatic carbocycles. The molecule has 2 aromatic rings. The van der Waals surface area contributed by atoms with E-state index < -0.39 is 16.4 Å². The van der Waals surface area contributed by atoms with Crippen molar-refractivity contribution in [2.75, 3.05) is 7.11 Å². The van der Waals surface area contributed by atoms with Gasteiger partial charge in [0.15, 0.2) is 0 Å². The molecule has 21 heavy (non-hydrogen) atoms. The van der Waals surface area contributed by atoms with Crippen LogP contribution in [0.25, 0.3) is 0 Å². The van der Waals surface area contributed by atoms with Gasteiger partial charge in [0.05, 0.1) is 17.7 Å². The predicted octanol–water partition coefficient (Wildman–Crippen LogP) is 3.19. The monoisotopic (exact) mass is 349 g/mol. The summed E-state index contributed by atoms with van der Waals surface area (Å²) in [5, 5.41) is 22.7. The van der Waals surface area contributed by atoms with Gasteiger partial charge >= 0.3 is 0 Å². The van der Waals surface area contributed by atoms with Crippen molar-refractivity contribution in [3.05, 3.63) is 56.5 Å². The molecular weight excluding hydrogens is 340 g/mol. The maximum atomic E-state index is 11.9. The van der Waals surface area contributed by atoms with Crippen LogP contribution in [0.2, 0.25) is 0 Å². The molecule has 0 fully saturated rings. The Balaban J connectivity index is 2.38. The third-order valence-corrected chi connectivity index (χ3v) is 3.12. The van der Waals surface area contributed by atoms with Crippen molar-refractivity contribution in [3.63, 3.8) is 0 Å². The summed E-state index contributed by atoms with van der Waals surface area (Å²) < 4.78 is 5.51. The number of hydrogen-bond acceptors (Lipinski definition) is 5. The predicted molar refractivity (Wildman–Crippen MR) is 80.5 cm³/mol. The van der Waals surface area contributed by atoms with Gasteiger partial charge in [0, 0.05) is 22.8 Å². The summed E-state index contributed by atoms with van der Waals surface area (Å²) in [6, 6.07) is 9.60. The van der Waals surface area contributed by atoms with Crippen LogP contribution < -0.4 is 9.84 Å². The molecule has 0 unspecified atom stereocenters. The van der Waals surface area contributed by atoms with Crippen molar-refractivity contribution in [1.82, 2.24) is 0 Å². The second kappa shape index (κ2) is 6.36. The molecule has 0 N–H and O–H groups in total. The molecule has 108 valence electrons. The molecule has 0 radical (unpaired) electrons. The zero-order valence-corrected chi connectivity index (χ0v) is 12.5. The zero-order chi connectivity index (χ0) is 15.4. The number of aliphatic imine (C=N–C) groups is 1. The van der Waals surface area contributed by atoms with Crippen LogP contribution in [0, 0.1) is 10.1 Å². The van der Waals surface area contributed by atoms with Gasteiger partial charge in [-0.1, -0.05) is 22.0 Å². The molecule has 6 nitrogen and oxygen atoms in total. The Morgan fingerprint density at radius 1 is 1.33 bits per heavy atom. The lowest BCUT2D eigenvalue weighted by Crippen LogP contribution is -2.02. The standard InChI is InChI=1S/C14H11BrN2O4/c1-21-12-4-2-3-11(7-12)16-8-9-5-10(15)6-13(14(9)18)17(19)20/h2-8,18H,1H3/p-1. The molecule has 0 aliphatic carbocycles. The summed E-state index contributed by atoms with van der Waals surface area (Å²) in [5.74, 6) is -0.0398. The number of nitro benzene ring substituents is 1. The van der Waals surface area contributed by atoms with E-state index in [-0.39, 0.29) is 5.56 Å². The lowest BCUT2D eigenvalue weighted by Gasteiger charge is -2.10. The summed E-state index contributed by atoms with van der Waals surface area (Å²) in [6.45, 7) is 0. The van der Waals surface area contributed by atoms with E-state index in [0.29, 0.717) is 15.9 Å². The Morgan fingerprint density at radius 3 is 2.76 bits per heavy atom. The Kier molecular flexibility index (Phi) is 4.54. The molecule has 0 saturated heterocycles. The smallest absolute Gasteiger partial charge is 0.263 e. The number of nitro groups is 1. The summed E-state index contributed by atoms with van der Waals surface area (Å²) in [5.41, 5.74) is 0.228. The fourth-order valence-corrected chi connectivity index (χ4v) is 2.13. The summed E-state index contributed by atoms with van der Waals surface area (Å²) in [6.07, 6.45) is 1.30. The van der Waals surface area contributed by atoms with E-state index in [9.17, 15) is 15.2 Å². The molecule has 0 aromatic heterocycles. The number of methoxy groups -OCH3 is 1. The highest BCUT2D eigenvalue weighted by molar-refractivity contribution is 9.10. The summed E-state index contributed by atoms with van der Waals surface area (Å²) >= 11 is 3.14. The highest BCUT2D eigenvalue weighted by Gasteiger charge is 2.10. The lowest BCUT2D eigenvalue weighted by molar-refractivity contribution is -0.398. The molecule has 0 spiro atoms. The summed E-state index contributed by atoms with van der Waals surface area (Å²) in [4.78, 5) is 14.2. The first-order valence-electron chi connectivity index (χ1n) is 5.84. The Hall–Kier alpha value is -2.41. The topological polar surface area (TPSA) is 87.8 Å². The Bertz CT molecular complexity index is 716. The number of nitrogens with zero attached hydrogens (tertiary/aromatic N) is 2. The van der Waals surface area contributed by atoms with Crippen molar-refractivity contribution in [2.24, 2.45) is 4.99 Å². The lowest BCUT2D eigenvalue weighted by atomic mass is 10.2. The van der Waals surface area contributed by atoms with Gasteiger partial charge in [-0.3, -0.25) is 15.1 Å². The normalized spacial score (nSPS) is 10.8. The van der Waals surface area contributed by atoms with E-state index in [1.807, 2.05) is 0 Å². The van der Waals surface area contributed by atoms with E-state index in [0.717, 1.165) is 0 Å². The second-order valence-corrected chi connectivity index (χ2v) is 4.98. The third kappa shape index (κ3) is 3.57. The van der Waals surface area contributed by atoms with Gasteiger partial charge in [0.25, 0.3) is 5.69 Å². The van der Waals surface area contributed by atoms with Crippen molar-refractivity contribution in [1.29, 1.82) is 0 Å². The first kappa shape index (κ1) is 15.0. The van der Waals surface area contributed by atoms with Crippen molar-refractivity contribution in [2.45, 2.75) is 0 Å². The van der Waals surface area contributed by atoms with Crippen molar-refractivity contribution < 1.29 is 14.8 Å². The number of hydrogen-bond donors (Lipinski definition) is 0. The van der Waals surface area contributed by atoms with Gasteiger partial charge in [-0.05, 0) is 29.5 Å². The molecule has 0 heterocycles. The minimum Gasteiger partial charge on any atom is -0.867 e. The number of halogens is 1. The van der Waals surface area contributed by atoms with E-state index in [4.69, 9.17) is 4.74 Å². The zero-order valence-electron chi connectivity index (χ0n) is 10.9. The molecule has 0 saturated carbocycles. The largest absolute Gasteiger partial charge is 0.867 e. The molecule has 0 bridgehead atoms. The number of benzene rings is 2. The minimum atomic E-state index is -0.712. The number of ether oxygens (including phenoxy) is 1. The molecule has 0 aliphatic heterocycles. The third-order valence-electron chi connectivity index (χ3n) is 2.67. The van der Waals surface area contributed by atoms with Crippen LogP contribution in [-0.4, -0.2) is 18.2 Å². The molecular formula is C14H10BrN2O4-. The van der Waals surface area contributed by atoms with Gasteiger partial charge in [0.2, 0.25) is 0 Å².